The third-order valence-corrected chi connectivity index (χ3v) is 7.31. The standard InChI is InChI=1S/C32H36N8O7.2BrH/c1-32(2,3)47-31(44)38-16-18(17-38)8-7-11-46-24-14-19(27(33)41)12-21-26(24)40(30(35)36-21)10-6-5-9-39-25-22(37-29(39)34)13-20(28(42)43)15-23(25)45-4;;/h5-6,12-15,18H,9-11,16-17H2,1-4H3,(H2,33,41)(H2,34,37)(H2,35,36)(H,42,43);2*1H/b6-5+;;. The van der Waals surface area contributed by atoms with Crippen LogP contribution in [0.1, 0.15) is 41.5 Å². The second-order valence-corrected chi connectivity index (χ2v) is 11.9. The van der Waals surface area contributed by atoms with Crippen molar-refractivity contribution in [3.8, 4) is 23.3 Å². The maximum atomic E-state index is 12.2. The highest BCUT2D eigenvalue weighted by Gasteiger charge is 2.32. The molecule has 2 aromatic carbocycles. The van der Waals surface area contributed by atoms with Crippen LogP contribution in [0.5, 0.6) is 11.5 Å². The first-order valence-electron chi connectivity index (χ1n) is 14.7. The number of rotatable bonds is 9. The number of primary amides is 1. The molecule has 49 heavy (non-hydrogen) atoms. The number of hydrogen-bond donors (Lipinski definition) is 4. The highest BCUT2D eigenvalue weighted by atomic mass is 79.9. The molecule has 7 N–H and O–H groups in total. The summed E-state index contributed by atoms with van der Waals surface area (Å²) < 4.78 is 20.2. The molecule has 262 valence electrons. The van der Waals surface area contributed by atoms with Crippen LogP contribution in [-0.4, -0.2) is 79.5 Å². The number of methoxy groups -OCH3 is 1. The number of halogens is 2. The minimum Gasteiger partial charge on any atom is -0.494 e. The number of ether oxygens (including phenoxy) is 3. The minimum atomic E-state index is -1.10. The van der Waals surface area contributed by atoms with E-state index in [1.165, 1.54) is 25.3 Å². The number of aromatic carboxylic acids is 1. The van der Waals surface area contributed by atoms with Crippen LogP contribution in [0.15, 0.2) is 36.4 Å². The van der Waals surface area contributed by atoms with Gasteiger partial charge in [0.05, 0.1) is 29.6 Å². The quantitative estimate of drug-likeness (QED) is 0.140. The Morgan fingerprint density at radius 1 is 0.939 bits per heavy atom. The number of carbonyl (C=O) groups excluding carboxylic acids is 2. The zero-order chi connectivity index (χ0) is 34.0. The van der Waals surface area contributed by atoms with E-state index in [0.717, 1.165) is 0 Å². The fourth-order valence-electron chi connectivity index (χ4n) is 5.10. The van der Waals surface area contributed by atoms with E-state index < -0.39 is 17.5 Å². The molecule has 17 heteroatoms. The van der Waals surface area contributed by atoms with Crippen molar-refractivity contribution in [3.05, 3.63) is 47.5 Å². The molecule has 3 heterocycles. The van der Waals surface area contributed by atoms with Gasteiger partial charge in [0.15, 0.2) is 0 Å². The van der Waals surface area contributed by atoms with E-state index in [2.05, 4.69) is 21.8 Å². The molecule has 15 nitrogen and oxygen atoms in total. The largest absolute Gasteiger partial charge is 0.494 e. The van der Waals surface area contributed by atoms with E-state index >= 15 is 0 Å². The normalized spacial score (nSPS) is 12.9. The molecule has 0 aliphatic carbocycles. The van der Waals surface area contributed by atoms with Gasteiger partial charge in [0.25, 0.3) is 0 Å². The molecule has 0 bridgehead atoms. The van der Waals surface area contributed by atoms with Crippen molar-refractivity contribution in [3.63, 3.8) is 0 Å². The summed E-state index contributed by atoms with van der Waals surface area (Å²) in [6.45, 7) is 6.99. The predicted octanol–water partition coefficient (Wildman–Crippen LogP) is 4.02. The average Bonchev–Trinajstić information content (AvgIpc) is 3.46. The Bertz CT molecular complexity index is 1980. The predicted molar refractivity (Wildman–Crippen MR) is 195 cm³/mol. The van der Waals surface area contributed by atoms with Crippen molar-refractivity contribution in [1.82, 2.24) is 24.0 Å². The summed E-state index contributed by atoms with van der Waals surface area (Å²) in [4.78, 5) is 46.0. The van der Waals surface area contributed by atoms with E-state index in [4.69, 9.17) is 31.4 Å². The molecule has 1 aliphatic rings. The topological polar surface area (TPSA) is 216 Å². The smallest absolute Gasteiger partial charge is 0.410 e. The second-order valence-electron chi connectivity index (χ2n) is 11.9. The number of carboxylic acid groups (broad SMARTS) is 1. The van der Waals surface area contributed by atoms with Crippen LogP contribution < -0.4 is 26.7 Å². The number of anilines is 2. The van der Waals surface area contributed by atoms with Crippen LogP contribution in [0.25, 0.3) is 22.1 Å². The molecule has 1 fully saturated rings. The number of amides is 2. The number of likely N-dealkylation sites (tertiary alicyclic amines) is 1. The van der Waals surface area contributed by atoms with Crippen molar-refractivity contribution in [2.24, 2.45) is 11.7 Å². The molecule has 4 aromatic rings. The van der Waals surface area contributed by atoms with Crippen molar-refractivity contribution in [2.75, 3.05) is 38.3 Å². The molecule has 0 spiro atoms. The number of aromatic nitrogens is 4. The van der Waals surface area contributed by atoms with Crippen molar-refractivity contribution < 1.29 is 33.7 Å². The zero-order valence-electron chi connectivity index (χ0n) is 27.3. The van der Waals surface area contributed by atoms with Gasteiger partial charge in [-0.3, -0.25) is 4.79 Å². The third-order valence-electron chi connectivity index (χ3n) is 7.31. The number of hydrogen-bond acceptors (Lipinski definition) is 10. The van der Waals surface area contributed by atoms with Crippen molar-refractivity contribution in [2.45, 2.75) is 39.5 Å². The number of nitrogen functional groups attached to an aromatic ring is 2. The summed E-state index contributed by atoms with van der Waals surface area (Å²) in [6.07, 6.45) is 3.32. The molecule has 2 amide bonds. The SMILES string of the molecule is Br.Br.COc1cc(C(=O)O)cc2nc(N)n(C/C=C/Cn3c(N)nc4cc(C(N)=O)cc(OCC#CC5CN(C(=O)OC(C)(C)C)C5)c43)c12. The van der Waals surface area contributed by atoms with Gasteiger partial charge >= 0.3 is 12.1 Å². The summed E-state index contributed by atoms with van der Waals surface area (Å²) in [7, 11) is 1.44. The Morgan fingerprint density at radius 3 is 1.98 bits per heavy atom. The second kappa shape index (κ2) is 15.5. The van der Waals surface area contributed by atoms with Crippen LogP contribution in [0.2, 0.25) is 0 Å². The molecule has 0 atom stereocenters. The fraction of sp³-hybridized carbons (Fsp3) is 0.344. The van der Waals surface area contributed by atoms with E-state index in [9.17, 15) is 19.5 Å². The maximum Gasteiger partial charge on any atom is 0.410 e. The van der Waals surface area contributed by atoms with Gasteiger partial charge in [-0.2, -0.15) is 0 Å². The van der Waals surface area contributed by atoms with Gasteiger partial charge in [-0.25, -0.2) is 19.6 Å². The fourth-order valence-corrected chi connectivity index (χ4v) is 5.10. The first kappa shape index (κ1) is 38.5. The Morgan fingerprint density at radius 2 is 1.47 bits per heavy atom. The summed E-state index contributed by atoms with van der Waals surface area (Å²) in [5, 5.41) is 9.41. The van der Waals surface area contributed by atoms with Gasteiger partial charge in [-0.1, -0.05) is 24.0 Å². The number of carboxylic acids is 1. The van der Waals surface area contributed by atoms with Gasteiger partial charge in [0, 0.05) is 31.7 Å². The van der Waals surface area contributed by atoms with Gasteiger partial charge in [-0.15, -0.1) is 34.0 Å². The van der Waals surface area contributed by atoms with E-state index in [0.29, 0.717) is 53.2 Å². The Labute approximate surface area is 302 Å². The van der Waals surface area contributed by atoms with Gasteiger partial charge in [0.1, 0.15) is 34.7 Å². The lowest BCUT2D eigenvalue weighted by Gasteiger charge is -2.37. The maximum absolute atomic E-state index is 12.2. The van der Waals surface area contributed by atoms with Crippen molar-refractivity contribution >= 4 is 85.9 Å². The zero-order valence-corrected chi connectivity index (χ0v) is 30.7. The molecule has 2 aromatic heterocycles. The van der Waals surface area contributed by atoms with E-state index in [1.54, 1.807) is 20.1 Å². The first-order valence-corrected chi connectivity index (χ1v) is 14.7. The minimum absolute atomic E-state index is 0. The monoisotopic (exact) mass is 804 g/mol. The summed E-state index contributed by atoms with van der Waals surface area (Å²) >= 11 is 0. The highest BCUT2D eigenvalue weighted by Crippen LogP contribution is 2.31. The number of allylic oxidation sites excluding steroid dienone is 2. The van der Waals surface area contributed by atoms with Gasteiger partial charge in [0.2, 0.25) is 17.8 Å². The molecular weight excluding hydrogens is 768 g/mol. The average molecular weight is 807 g/mol. The lowest BCUT2D eigenvalue weighted by Crippen LogP contribution is -2.51. The molecule has 0 saturated carbocycles. The Hall–Kier alpha value is -4.95. The van der Waals surface area contributed by atoms with Crippen LogP contribution in [0.4, 0.5) is 16.7 Å². The van der Waals surface area contributed by atoms with Crippen molar-refractivity contribution in [1.29, 1.82) is 0 Å². The number of fused-ring (bicyclic) bond motifs is 2. The van der Waals surface area contributed by atoms with Crippen LogP contribution >= 0.6 is 34.0 Å². The third kappa shape index (κ3) is 8.56. The first-order chi connectivity index (χ1) is 22.3. The Kier molecular flexibility index (Phi) is 12.2. The number of imidazole rings is 2. The number of benzene rings is 2. The molecule has 0 radical (unpaired) electrons. The van der Waals surface area contributed by atoms with Gasteiger partial charge < -0.3 is 50.6 Å². The molecule has 1 saturated heterocycles. The molecule has 1 aliphatic heterocycles. The summed E-state index contributed by atoms with van der Waals surface area (Å²) in [5.41, 5.74) is 19.6. The van der Waals surface area contributed by atoms with E-state index in [1.807, 2.05) is 32.9 Å². The highest BCUT2D eigenvalue weighted by molar-refractivity contribution is 8.93. The lowest BCUT2D eigenvalue weighted by molar-refractivity contribution is 0.00588. The number of nitrogens with zero attached hydrogens (tertiary/aromatic N) is 5. The lowest BCUT2D eigenvalue weighted by atomic mass is 10.0. The molecule has 5 rings (SSSR count). The van der Waals surface area contributed by atoms with Crippen LogP contribution in [0.3, 0.4) is 0 Å². The molecule has 0 unspecified atom stereocenters. The summed E-state index contributed by atoms with van der Waals surface area (Å²) in [5.74, 6) is 5.36. The van der Waals surface area contributed by atoms with Gasteiger partial charge in [-0.05, 0) is 45.0 Å². The van der Waals surface area contributed by atoms with Crippen LogP contribution in [-0.2, 0) is 17.8 Å². The number of nitrogens with two attached hydrogens (primary N) is 3. The molecular formula is C32H38Br2N8O7. The van der Waals surface area contributed by atoms with Crippen LogP contribution in [0, 0.1) is 17.8 Å². The summed E-state index contributed by atoms with van der Waals surface area (Å²) in [6, 6.07) is 5.92. The van der Waals surface area contributed by atoms with E-state index in [-0.39, 0.29) is 82.1 Å². The Balaban J connectivity index is 0.00000325. The number of carbonyl (C=O) groups is 3.